The van der Waals surface area contributed by atoms with E-state index < -0.39 is 0 Å². The SMILES string of the molecule is Cc1nc(CCNC2C3CCCOC3C2(C)C)no1. The number of nitrogens with one attached hydrogen (secondary N) is 1. The van der Waals surface area contributed by atoms with E-state index in [4.69, 9.17) is 9.26 Å². The molecule has 0 bridgehead atoms. The first-order valence-electron chi connectivity index (χ1n) is 7.23. The van der Waals surface area contributed by atoms with E-state index in [1.54, 1.807) is 0 Å². The zero-order valence-corrected chi connectivity index (χ0v) is 12.0. The molecule has 1 aromatic heterocycles. The zero-order chi connectivity index (χ0) is 13.5. The standard InChI is InChI=1S/C14H23N3O2/c1-9-16-11(17-19-9)6-7-15-12-10-5-4-8-18-13(10)14(12,2)3/h10,12-13,15H,4-8H2,1-3H3. The lowest BCUT2D eigenvalue weighted by Crippen LogP contribution is -2.69. The minimum Gasteiger partial charge on any atom is -0.377 e. The molecule has 0 radical (unpaired) electrons. The van der Waals surface area contributed by atoms with Crippen LogP contribution in [0, 0.1) is 18.3 Å². The van der Waals surface area contributed by atoms with Crippen molar-refractivity contribution in [2.24, 2.45) is 11.3 Å². The molecule has 0 amide bonds. The van der Waals surface area contributed by atoms with Crippen LogP contribution in [0.1, 0.15) is 38.4 Å². The van der Waals surface area contributed by atoms with Gasteiger partial charge in [-0.3, -0.25) is 0 Å². The molecule has 2 aliphatic rings. The molecule has 1 saturated carbocycles. The van der Waals surface area contributed by atoms with Crippen molar-refractivity contribution in [1.29, 1.82) is 0 Å². The Morgan fingerprint density at radius 3 is 3.00 bits per heavy atom. The number of rotatable bonds is 4. The van der Waals surface area contributed by atoms with E-state index in [2.05, 4.69) is 29.3 Å². The van der Waals surface area contributed by atoms with Gasteiger partial charge in [0.15, 0.2) is 5.82 Å². The van der Waals surface area contributed by atoms with Crippen molar-refractivity contribution in [3.05, 3.63) is 11.7 Å². The lowest BCUT2D eigenvalue weighted by molar-refractivity contribution is -0.192. The highest BCUT2D eigenvalue weighted by molar-refractivity contribution is 5.10. The first-order valence-corrected chi connectivity index (χ1v) is 7.23. The molecule has 5 nitrogen and oxygen atoms in total. The van der Waals surface area contributed by atoms with E-state index >= 15 is 0 Å². The van der Waals surface area contributed by atoms with Gasteiger partial charge in [0.1, 0.15) is 0 Å². The quantitative estimate of drug-likeness (QED) is 0.898. The fourth-order valence-corrected chi connectivity index (χ4v) is 3.72. The molecule has 1 aromatic rings. The number of ether oxygens (including phenoxy) is 1. The Hall–Kier alpha value is -0.940. The van der Waals surface area contributed by atoms with E-state index in [0.717, 1.165) is 25.4 Å². The molecule has 1 N–H and O–H groups in total. The van der Waals surface area contributed by atoms with Crippen LogP contribution in [0.25, 0.3) is 0 Å². The van der Waals surface area contributed by atoms with E-state index in [1.165, 1.54) is 12.8 Å². The summed E-state index contributed by atoms with van der Waals surface area (Å²) in [6.07, 6.45) is 3.74. The number of hydrogen-bond donors (Lipinski definition) is 1. The van der Waals surface area contributed by atoms with Gasteiger partial charge in [-0.1, -0.05) is 19.0 Å². The van der Waals surface area contributed by atoms with Crippen molar-refractivity contribution >= 4 is 0 Å². The summed E-state index contributed by atoms with van der Waals surface area (Å²) in [5.41, 5.74) is 0.234. The number of fused-ring (bicyclic) bond motifs is 1. The van der Waals surface area contributed by atoms with Crippen molar-refractivity contribution in [2.75, 3.05) is 13.2 Å². The van der Waals surface area contributed by atoms with Crippen LogP contribution in [0.15, 0.2) is 4.52 Å². The van der Waals surface area contributed by atoms with Crippen LogP contribution in [0.3, 0.4) is 0 Å². The van der Waals surface area contributed by atoms with Gasteiger partial charge >= 0.3 is 0 Å². The average Bonchev–Trinajstić information content (AvgIpc) is 2.80. The molecule has 1 saturated heterocycles. The number of hydrogen-bond acceptors (Lipinski definition) is 5. The molecule has 0 spiro atoms. The molecule has 3 unspecified atom stereocenters. The fraction of sp³-hybridized carbons (Fsp3) is 0.857. The summed E-state index contributed by atoms with van der Waals surface area (Å²) in [5.74, 6) is 2.11. The second-order valence-electron chi connectivity index (χ2n) is 6.33. The van der Waals surface area contributed by atoms with Gasteiger partial charge in [-0.15, -0.1) is 0 Å². The Morgan fingerprint density at radius 1 is 1.42 bits per heavy atom. The van der Waals surface area contributed by atoms with Crippen LogP contribution in [0.2, 0.25) is 0 Å². The minimum atomic E-state index is 0.234. The summed E-state index contributed by atoms with van der Waals surface area (Å²) >= 11 is 0. The lowest BCUT2D eigenvalue weighted by atomic mass is 9.55. The highest BCUT2D eigenvalue weighted by Crippen LogP contribution is 2.51. The summed E-state index contributed by atoms with van der Waals surface area (Å²) in [6, 6.07) is 0.547. The summed E-state index contributed by atoms with van der Waals surface area (Å²) in [5, 5.41) is 7.59. The van der Waals surface area contributed by atoms with Gasteiger partial charge in [0.25, 0.3) is 0 Å². The van der Waals surface area contributed by atoms with Gasteiger partial charge in [0, 0.05) is 43.9 Å². The van der Waals surface area contributed by atoms with Crippen LogP contribution in [0.4, 0.5) is 0 Å². The van der Waals surface area contributed by atoms with Crippen molar-refractivity contribution in [2.45, 2.75) is 52.2 Å². The first kappa shape index (κ1) is 13.1. The van der Waals surface area contributed by atoms with Gasteiger partial charge in [-0.25, -0.2) is 0 Å². The topological polar surface area (TPSA) is 60.2 Å². The third-order valence-corrected chi connectivity index (χ3v) is 4.61. The van der Waals surface area contributed by atoms with E-state index in [0.29, 0.717) is 24.0 Å². The maximum atomic E-state index is 5.91. The third-order valence-electron chi connectivity index (χ3n) is 4.61. The van der Waals surface area contributed by atoms with Crippen LogP contribution >= 0.6 is 0 Å². The van der Waals surface area contributed by atoms with Crippen LogP contribution in [-0.2, 0) is 11.2 Å². The highest BCUT2D eigenvalue weighted by Gasteiger charge is 2.57. The molecule has 1 aliphatic carbocycles. The Labute approximate surface area is 114 Å². The predicted octanol–water partition coefficient (Wildman–Crippen LogP) is 1.71. The maximum Gasteiger partial charge on any atom is 0.223 e. The molecule has 19 heavy (non-hydrogen) atoms. The summed E-state index contributed by atoms with van der Waals surface area (Å²) in [7, 11) is 0. The average molecular weight is 265 g/mol. The van der Waals surface area contributed by atoms with E-state index in [-0.39, 0.29) is 5.41 Å². The van der Waals surface area contributed by atoms with Gasteiger partial charge in [0.05, 0.1) is 6.10 Å². The Bertz CT molecular complexity index is 444. The van der Waals surface area contributed by atoms with Gasteiger partial charge in [-0.2, -0.15) is 4.98 Å². The summed E-state index contributed by atoms with van der Waals surface area (Å²) in [6.45, 7) is 8.25. The molecule has 2 heterocycles. The Kier molecular flexibility index (Phi) is 3.35. The first-order chi connectivity index (χ1) is 9.09. The largest absolute Gasteiger partial charge is 0.377 e. The number of aromatic nitrogens is 2. The van der Waals surface area contributed by atoms with Gasteiger partial charge in [0.2, 0.25) is 5.89 Å². The number of aryl methyl sites for hydroxylation is 1. The molecular formula is C14H23N3O2. The summed E-state index contributed by atoms with van der Waals surface area (Å²) < 4.78 is 10.9. The van der Waals surface area contributed by atoms with E-state index in [9.17, 15) is 0 Å². The van der Waals surface area contributed by atoms with Crippen LogP contribution in [-0.4, -0.2) is 35.4 Å². The third kappa shape index (κ3) is 2.30. The second kappa shape index (κ2) is 4.87. The van der Waals surface area contributed by atoms with Crippen molar-refractivity contribution in [3.8, 4) is 0 Å². The molecule has 3 rings (SSSR count). The van der Waals surface area contributed by atoms with E-state index in [1.807, 2.05) is 6.92 Å². The Morgan fingerprint density at radius 2 is 2.26 bits per heavy atom. The number of nitrogens with zero attached hydrogens (tertiary/aromatic N) is 2. The molecular weight excluding hydrogens is 242 g/mol. The lowest BCUT2D eigenvalue weighted by Gasteiger charge is -2.60. The van der Waals surface area contributed by atoms with Gasteiger partial charge < -0.3 is 14.6 Å². The van der Waals surface area contributed by atoms with Crippen LogP contribution < -0.4 is 5.32 Å². The highest BCUT2D eigenvalue weighted by atomic mass is 16.5. The predicted molar refractivity (Wildman–Crippen MR) is 70.8 cm³/mol. The van der Waals surface area contributed by atoms with Crippen molar-refractivity contribution in [3.63, 3.8) is 0 Å². The van der Waals surface area contributed by atoms with Crippen LogP contribution in [0.5, 0.6) is 0 Å². The molecule has 0 aromatic carbocycles. The molecule has 2 fully saturated rings. The molecule has 1 aliphatic heterocycles. The minimum absolute atomic E-state index is 0.234. The van der Waals surface area contributed by atoms with Crippen molar-refractivity contribution < 1.29 is 9.26 Å². The molecule has 3 atom stereocenters. The van der Waals surface area contributed by atoms with Gasteiger partial charge in [-0.05, 0) is 12.8 Å². The second-order valence-corrected chi connectivity index (χ2v) is 6.33. The van der Waals surface area contributed by atoms with Crippen molar-refractivity contribution in [1.82, 2.24) is 15.5 Å². The normalized spacial score (nSPS) is 32.7. The summed E-state index contributed by atoms with van der Waals surface area (Å²) in [4.78, 5) is 4.23. The zero-order valence-electron chi connectivity index (χ0n) is 12.0. The maximum absolute atomic E-state index is 5.91. The smallest absolute Gasteiger partial charge is 0.223 e. The Balaban J connectivity index is 1.52. The fourth-order valence-electron chi connectivity index (χ4n) is 3.72. The molecule has 106 valence electrons. The molecule has 5 heteroatoms. The monoisotopic (exact) mass is 265 g/mol.